The summed E-state index contributed by atoms with van der Waals surface area (Å²) in [4.78, 5) is 28.1. The Morgan fingerprint density at radius 2 is 1.83 bits per heavy atom. The fourth-order valence-electron chi connectivity index (χ4n) is 7.70. The van der Waals surface area contributed by atoms with Crippen molar-refractivity contribution in [1.82, 2.24) is 19.8 Å². The molecule has 1 aromatic heterocycles. The minimum Gasteiger partial charge on any atom is -0.352 e. The van der Waals surface area contributed by atoms with Gasteiger partial charge in [-0.1, -0.05) is 54.6 Å². The highest BCUT2D eigenvalue weighted by molar-refractivity contribution is 6.36. The standard InChI is InChI=1S/C35H34ClF2N7O/c1-22(37)33(46)45-19-18-43(20-24(45)12-15-39)32-27-11-10-26(25-8-2-6-23-7-3-9-28(36)29(23)25)30(38)31(27)41-34(42-32)40-21-35-13-4-16-44(35)17-5-14-35/h2-3,6-11,24H,1,4-5,12-14,16-21H2,(H,40,41,42)/t24-/m0/s1. The molecule has 0 unspecified atom stereocenters. The first-order valence-electron chi connectivity index (χ1n) is 15.7. The van der Waals surface area contributed by atoms with E-state index in [1.54, 1.807) is 12.1 Å². The van der Waals surface area contributed by atoms with Crippen LogP contribution in [0.5, 0.6) is 0 Å². The summed E-state index contributed by atoms with van der Waals surface area (Å²) in [6.07, 6.45) is 4.47. The number of piperazine rings is 1. The van der Waals surface area contributed by atoms with Crippen molar-refractivity contribution in [2.75, 3.05) is 49.5 Å². The van der Waals surface area contributed by atoms with E-state index in [-0.39, 0.29) is 30.6 Å². The van der Waals surface area contributed by atoms with Crippen molar-refractivity contribution in [3.63, 3.8) is 0 Å². The highest BCUT2D eigenvalue weighted by Gasteiger charge is 2.44. The molecular formula is C35H34ClF2N7O. The molecule has 0 radical (unpaired) electrons. The number of carbonyl (C=O) groups excluding carboxylic acids is 1. The van der Waals surface area contributed by atoms with Crippen molar-refractivity contribution < 1.29 is 13.6 Å². The summed E-state index contributed by atoms with van der Waals surface area (Å²) in [6, 6.07) is 16.4. The first-order chi connectivity index (χ1) is 22.3. The molecule has 11 heteroatoms. The van der Waals surface area contributed by atoms with E-state index in [1.165, 1.54) is 4.90 Å². The zero-order chi connectivity index (χ0) is 32.0. The normalized spacial score (nSPS) is 19.4. The Kier molecular flexibility index (Phi) is 7.99. The molecule has 4 heterocycles. The molecule has 0 aliphatic carbocycles. The van der Waals surface area contributed by atoms with Crippen LogP contribution in [0.25, 0.3) is 32.8 Å². The number of halogens is 3. The minimum atomic E-state index is -1.06. The van der Waals surface area contributed by atoms with E-state index < -0.39 is 23.6 Å². The number of aromatic nitrogens is 2. The molecule has 46 heavy (non-hydrogen) atoms. The second kappa shape index (κ2) is 12.1. The lowest BCUT2D eigenvalue weighted by atomic mass is 9.94. The highest BCUT2D eigenvalue weighted by atomic mass is 35.5. The van der Waals surface area contributed by atoms with E-state index in [0.29, 0.717) is 46.4 Å². The highest BCUT2D eigenvalue weighted by Crippen LogP contribution is 2.41. The summed E-state index contributed by atoms with van der Waals surface area (Å²) in [5.41, 5.74) is 1.24. The maximum absolute atomic E-state index is 16.8. The molecule has 3 saturated heterocycles. The van der Waals surface area contributed by atoms with Gasteiger partial charge in [-0.15, -0.1) is 0 Å². The molecule has 0 bridgehead atoms. The summed E-state index contributed by atoms with van der Waals surface area (Å²) in [5, 5.41) is 15.7. The third-order valence-electron chi connectivity index (χ3n) is 9.92. The second-order valence-corrected chi connectivity index (χ2v) is 12.9. The number of hydrogen-bond donors (Lipinski definition) is 1. The first-order valence-corrected chi connectivity index (χ1v) is 16.1. The fourth-order valence-corrected chi connectivity index (χ4v) is 7.99. The lowest BCUT2D eigenvalue weighted by Gasteiger charge is -2.41. The average Bonchev–Trinajstić information content (AvgIpc) is 3.64. The number of fused-ring (bicyclic) bond motifs is 3. The van der Waals surface area contributed by atoms with Gasteiger partial charge in [0.2, 0.25) is 5.95 Å². The minimum absolute atomic E-state index is 0.00233. The van der Waals surface area contributed by atoms with Gasteiger partial charge in [-0.3, -0.25) is 9.69 Å². The number of benzene rings is 3. The van der Waals surface area contributed by atoms with Crippen molar-refractivity contribution in [3.8, 4) is 17.2 Å². The molecule has 4 aromatic rings. The van der Waals surface area contributed by atoms with Crippen LogP contribution in [0, 0.1) is 17.1 Å². The van der Waals surface area contributed by atoms with Crippen molar-refractivity contribution >= 4 is 50.9 Å². The Morgan fingerprint density at radius 1 is 1.07 bits per heavy atom. The van der Waals surface area contributed by atoms with Crippen molar-refractivity contribution in [3.05, 3.63) is 71.8 Å². The number of hydrogen-bond acceptors (Lipinski definition) is 7. The lowest BCUT2D eigenvalue weighted by molar-refractivity contribution is -0.131. The molecule has 0 saturated carbocycles. The third kappa shape index (κ3) is 5.21. The number of carbonyl (C=O) groups is 1. The van der Waals surface area contributed by atoms with Crippen LogP contribution >= 0.6 is 11.6 Å². The zero-order valence-electron chi connectivity index (χ0n) is 25.4. The van der Waals surface area contributed by atoms with Crippen LogP contribution in [0.1, 0.15) is 32.1 Å². The predicted molar refractivity (Wildman–Crippen MR) is 177 cm³/mol. The molecule has 8 nitrogen and oxygen atoms in total. The van der Waals surface area contributed by atoms with Gasteiger partial charge < -0.3 is 15.1 Å². The van der Waals surface area contributed by atoms with E-state index in [4.69, 9.17) is 21.6 Å². The van der Waals surface area contributed by atoms with E-state index in [0.717, 1.165) is 49.5 Å². The Morgan fingerprint density at radius 3 is 2.57 bits per heavy atom. The molecule has 3 fully saturated rings. The van der Waals surface area contributed by atoms with Crippen molar-refractivity contribution in [2.24, 2.45) is 0 Å². The van der Waals surface area contributed by atoms with Gasteiger partial charge in [-0.25, -0.2) is 13.8 Å². The number of rotatable bonds is 7. The van der Waals surface area contributed by atoms with Gasteiger partial charge >= 0.3 is 0 Å². The molecule has 3 aliphatic rings. The first kappa shape index (κ1) is 30.3. The number of amides is 1. The van der Waals surface area contributed by atoms with Gasteiger partial charge in [0.15, 0.2) is 11.6 Å². The Bertz CT molecular complexity index is 1890. The number of nitrogens with zero attached hydrogens (tertiary/aromatic N) is 6. The Labute approximate surface area is 271 Å². The molecule has 7 rings (SSSR count). The molecule has 1 atom stereocenters. The second-order valence-electron chi connectivity index (χ2n) is 12.5. The van der Waals surface area contributed by atoms with Crippen LogP contribution in [0.2, 0.25) is 5.02 Å². The maximum Gasteiger partial charge on any atom is 0.282 e. The van der Waals surface area contributed by atoms with Crippen LogP contribution in [0.4, 0.5) is 20.5 Å². The summed E-state index contributed by atoms with van der Waals surface area (Å²) < 4.78 is 30.7. The Balaban J connectivity index is 1.33. The van der Waals surface area contributed by atoms with Crippen LogP contribution in [0.3, 0.4) is 0 Å². The topological polar surface area (TPSA) is 88.4 Å². The zero-order valence-corrected chi connectivity index (χ0v) is 26.2. The van der Waals surface area contributed by atoms with E-state index in [9.17, 15) is 14.4 Å². The fraction of sp³-hybridized carbons (Fsp3) is 0.371. The summed E-state index contributed by atoms with van der Waals surface area (Å²) in [6.45, 7) is 6.65. The van der Waals surface area contributed by atoms with Gasteiger partial charge in [0.1, 0.15) is 11.3 Å². The van der Waals surface area contributed by atoms with Crippen LogP contribution in [-0.4, -0.2) is 76.5 Å². The molecular weight excluding hydrogens is 608 g/mol. The van der Waals surface area contributed by atoms with Crippen molar-refractivity contribution in [1.29, 1.82) is 5.26 Å². The summed E-state index contributed by atoms with van der Waals surface area (Å²) >= 11 is 6.63. The van der Waals surface area contributed by atoms with E-state index >= 15 is 4.39 Å². The monoisotopic (exact) mass is 641 g/mol. The van der Waals surface area contributed by atoms with Crippen molar-refractivity contribution in [2.45, 2.75) is 43.7 Å². The number of anilines is 2. The molecule has 0 spiro atoms. The average molecular weight is 642 g/mol. The molecule has 236 valence electrons. The van der Waals surface area contributed by atoms with Crippen LogP contribution in [0.15, 0.2) is 60.9 Å². The van der Waals surface area contributed by atoms with Gasteiger partial charge in [0.05, 0.1) is 18.5 Å². The summed E-state index contributed by atoms with van der Waals surface area (Å²) in [5.74, 6) is -1.57. The van der Waals surface area contributed by atoms with Gasteiger partial charge in [0.25, 0.3) is 5.91 Å². The quantitative estimate of drug-likeness (QED) is 0.225. The summed E-state index contributed by atoms with van der Waals surface area (Å²) in [7, 11) is 0. The molecule has 3 aromatic carbocycles. The van der Waals surface area contributed by atoms with Crippen LogP contribution in [-0.2, 0) is 4.79 Å². The largest absolute Gasteiger partial charge is 0.352 e. The van der Waals surface area contributed by atoms with Gasteiger partial charge in [-0.05, 0) is 61.9 Å². The van der Waals surface area contributed by atoms with Gasteiger partial charge in [-0.2, -0.15) is 10.2 Å². The maximum atomic E-state index is 16.8. The third-order valence-corrected chi connectivity index (χ3v) is 10.2. The Hall–Kier alpha value is -4.33. The van der Waals surface area contributed by atoms with E-state index in [1.807, 2.05) is 41.3 Å². The molecule has 1 N–H and O–H groups in total. The molecule has 1 amide bonds. The predicted octanol–water partition coefficient (Wildman–Crippen LogP) is 6.70. The number of nitrogens with one attached hydrogen (secondary N) is 1. The SMILES string of the molecule is C=C(F)C(=O)N1CCN(c2nc(NCC34CCCN3CCC4)nc3c(F)c(-c4cccc5cccc(Cl)c45)ccc23)C[C@@H]1CC#N. The van der Waals surface area contributed by atoms with Gasteiger partial charge in [0, 0.05) is 53.1 Å². The smallest absolute Gasteiger partial charge is 0.282 e. The molecule has 3 aliphatic heterocycles. The lowest BCUT2D eigenvalue weighted by Crippen LogP contribution is -2.55. The van der Waals surface area contributed by atoms with E-state index in [2.05, 4.69) is 22.9 Å². The van der Waals surface area contributed by atoms with Crippen LogP contribution < -0.4 is 10.2 Å². The number of nitriles is 1.